The molecule has 0 spiro atoms. The predicted octanol–water partition coefficient (Wildman–Crippen LogP) is 2.80. The number of fused-ring (bicyclic) bond motifs is 1. The number of nitrogens with zero attached hydrogens (tertiary/aromatic N) is 1. The fourth-order valence-corrected chi connectivity index (χ4v) is 3.16. The van der Waals surface area contributed by atoms with Crippen molar-refractivity contribution >= 4 is 17.4 Å². The summed E-state index contributed by atoms with van der Waals surface area (Å²) in [5.41, 5.74) is -0.220. The van der Waals surface area contributed by atoms with E-state index in [9.17, 15) is 24.8 Å². The number of ketones is 1. The first kappa shape index (κ1) is 19.5. The van der Waals surface area contributed by atoms with Gasteiger partial charge in [-0.15, -0.1) is 0 Å². The van der Waals surface area contributed by atoms with Crippen molar-refractivity contribution in [2.24, 2.45) is 0 Å². The Bertz CT molecular complexity index is 969. The summed E-state index contributed by atoms with van der Waals surface area (Å²) in [6, 6.07) is 9.29. The number of benzene rings is 2. The highest BCUT2D eigenvalue weighted by molar-refractivity contribution is 5.96. The van der Waals surface area contributed by atoms with Gasteiger partial charge in [-0.3, -0.25) is 19.7 Å². The summed E-state index contributed by atoms with van der Waals surface area (Å²) in [6.45, 7) is 4.79. The standard InChI is InChI=1S/C20H20N2O6/c1-11(23)12-7-8-16-15(10-12)17(18(24)20(2,3)28-16)21-19(25)13-5-4-6-14(9-13)22(26)27/h4-10,17-18,24H,1-3H3,(H,21,25)/t17-,18+/m1/s1. The molecule has 2 atom stereocenters. The second-order valence-corrected chi connectivity index (χ2v) is 7.22. The molecule has 2 aromatic rings. The van der Waals surface area contributed by atoms with Crippen molar-refractivity contribution in [3.63, 3.8) is 0 Å². The van der Waals surface area contributed by atoms with Gasteiger partial charge in [0.1, 0.15) is 17.5 Å². The lowest BCUT2D eigenvalue weighted by Crippen LogP contribution is -2.53. The first-order valence-electron chi connectivity index (χ1n) is 8.67. The van der Waals surface area contributed by atoms with Crippen LogP contribution in [0, 0.1) is 10.1 Å². The Balaban J connectivity index is 1.99. The van der Waals surface area contributed by atoms with Crippen LogP contribution in [0.2, 0.25) is 0 Å². The molecule has 1 aliphatic heterocycles. The normalized spacial score (nSPS) is 19.9. The Labute approximate surface area is 161 Å². The van der Waals surface area contributed by atoms with E-state index in [-0.39, 0.29) is 17.0 Å². The van der Waals surface area contributed by atoms with Gasteiger partial charge in [0.15, 0.2) is 5.78 Å². The molecule has 1 amide bonds. The molecule has 1 heterocycles. The highest BCUT2D eigenvalue weighted by Gasteiger charge is 2.43. The van der Waals surface area contributed by atoms with Crippen LogP contribution in [0.4, 0.5) is 5.69 Å². The number of amides is 1. The van der Waals surface area contributed by atoms with Crippen LogP contribution in [0.25, 0.3) is 0 Å². The van der Waals surface area contributed by atoms with Crippen LogP contribution < -0.4 is 10.1 Å². The van der Waals surface area contributed by atoms with Crippen LogP contribution in [0.3, 0.4) is 0 Å². The van der Waals surface area contributed by atoms with Crippen LogP contribution >= 0.6 is 0 Å². The highest BCUT2D eigenvalue weighted by Crippen LogP contribution is 2.40. The molecule has 28 heavy (non-hydrogen) atoms. The van der Waals surface area contributed by atoms with Gasteiger partial charge in [-0.2, -0.15) is 0 Å². The van der Waals surface area contributed by atoms with Crippen molar-refractivity contribution in [2.45, 2.75) is 38.5 Å². The van der Waals surface area contributed by atoms with Crippen molar-refractivity contribution in [2.75, 3.05) is 0 Å². The Morgan fingerprint density at radius 1 is 1.18 bits per heavy atom. The van der Waals surface area contributed by atoms with Crippen molar-refractivity contribution in [3.05, 3.63) is 69.3 Å². The van der Waals surface area contributed by atoms with Gasteiger partial charge < -0.3 is 15.2 Å². The fraction of sp³-hybridized carbons (Fsp3) is 0.300. The number of nitro groups is 1. The minimum Gasteiger partial charge on any atom is -0.485 e. The van der Waals surface area contributed by atoms with E-state index in [1.54, 1.807) is 32.0 Å². The molecule has 8 heteroatoms. The van der Waals surface area contributed by atoms with E-state index < -0.39 is 28.6 Å². The summed E-state index contributed by atoms with van der Waals surface area (Å²) < 4.78 is 5.83. The average Bonchev–Trinajstić information content (AvgIpc) is 2.64. The van der Waals surface area contributed by atoms with Crippen molar-refractivity contribution in [3.8, 4) is 5.75 Å². The second-order valence-electron chi connectivity index (χ2n) is 7.22. The lowest BCUT2D eigenvalue weighted by molar-refractivity contribution is -0.384. The number of ether oxygens (including phenoxy) is 1. The minimum absolute atomic E-state index is 0.0926. The van der Waals surface area contributed by atoms with E-state index >= 15 is 0 Å². The minimum atomic E-state index is -1.11. The number of hydrogen-bond acceptors (Lipinski definition) is 6. The number of carbonyl (C=O) groups excluding carboxylic acids is 2. The predicted molar refractivity (Wildman–Crippen MR) is 100 cm³/mol. The van der Waals surface area contributed by atoms with E-state index in [0.29, 0.717) is 16.9 Å². The van der Waals surface area contributed by atoms with Crippen molar-refractivity contribution in [1.29, 1.82) is 0 Å². The quantitative estimate of drug-likeness (QED) is 0.475. The van der Waals surface area contributed by atoms with Crippen LogP contribution in [-0.2, 0) is 0 Å². The smallest absolute Gasteiger partial charge is 0.270 e. The number of nitro benzene ring substituents is 1. The first-order chi connectivity index (χ1) is 13.1. The van der Waals surface area contributed by atoms with E-state index in [4.69, 9.17) is 4.74 Å². The molecule has 0 aromatic heterocycles. The van der Waals surface area contributed by atoms with Gasteiger partial charge in [0.25, 0.3) is 11.6 Å². The molecule has 3 rings (SSSR count). The summed E-state index contributed by atoms with van der Waals surface area (Å²) in [5.74, 6) is -0.292. The average molecular weight is 384 g/mol. The van der Waals surface area contributed by atoms with Gasteiger partial charge in [0.2, 0.25) is 0 Å². The van der Waals surface area contributed by atoms with E-state index in [0.717, 1.165) is 0 Å². The van der Waals surface area contributed by atoms with Crippen LogP contribution in [0.15, 0.2) is 42.5 Å². The monoisotopic (exact) mass is 384 g/mol. The zero-order valence-electron chi connectivity index (χ0n) is 15.6. The lowest BCUT2D eigenvalue weighted by Gasteiger charge is -2.42. The number of aliphatic hydroxyl groups excluding tert-OH is 1. The Kier molecular flexibility index (Phi) is 4.91. The maximum Gasteiger partial charge on any atom is 0.270 e. The maximum atomic E-state index is 12.7. The molecule has 2 N–H and O–H groups in total. The number of Topliss-reactive ketones (excluding diaryl/α,β-unsaturated/α-hetero) is 1. The number of hydrogen-bond donors (Lipinski definition) is 2. The largest absolute Gasteiger partial charge is 0.485 e. The number of carbonyl (C=O) groups is 2. The van der Waals surface area contributed by atoms with Gasteiger partial charge in [0.05, 0.1) is 11.0 Å². The molecule has 146 valence electrons. The van der Waals surface area contributed by atoms with E-state index in [2.05, 4.69) is 5.32 Å². The lowest BCUT2D eigenvalue weighted by atomic mass is 9.85. The summed E-state index contributed by atoms with van der Waals surface area (Å²) >= 11 is 0. The molecule has 0 bridgehead atoms. The third kappa shape index (κ3) is 3.59. The third-order valence-corrected chi connectivity index (χ3v) is 4.76. The number of non-ortho nitro benzene ring substituents is 1. The van der Waals surface area contributed by atoms with Gasteiger partial charge >= 0.3 is 0 Å². The molecule has 1 aliphatic rings. The van der Waals surface area contributed by atoms with Crippen LogP contribution in [0.1, 0.15) is 53.1 Å². The Morgan fingerprint density at radius 3 is 2.54 bits per heavy atom. The molecule has 8 nitrogen and oxygen atoms in total. The second kappa shape index (κ2) is 7.05. The van der Waals surface area contributed by atoms with Gasteiger partial charge in [0, 0.05) is 28.8 Å². The number of aliphatic hydroxyl groups is 1. The topological polar surface area (TPSA) is 119 Å². The van der Waals surface area contributed by atoms with E-state index in [1.807, 2.05) is 0 Å². The summed E-state index contributed by atoms with van der Waals surface area (Å²) in [5, 5.41) is 24.5. The molecule has 0 radical (unpaired) electrons. The zero-order chi connectivity index (χ0) is 20.6. The number of rotatable bonds is 4. The summed E-state index contributed by atoms with van der Waals surface area (Å²) in [4.78, 5) is 34.8. The molecule has 0 fully saturated rings. The van der Waals surface area contributed by atoms with Gasteiger partial charge in [-0.1, -0.05) is 6.07 Å². The maximum absolute atomic E-state index is 12.7. The van der Waals surface area contributed by atoms with Crippen LogP contribution in [-0.4, -0.2) is 33.4 Å². The van der Waals surface area contributed by atoms with Crippen molar-refractivity contribution in [1.82, 2.24) is 5.32 Å². The molecule has 0 saturated carbocycles. The number of nitrogens with one attached hydrogen (secondary N) is 1. The molecule has 0 saturated heterocycles. The molecule has 2 aromatic carbocycles. The SMILES string of the molecule is CC(=O)c1ccc2c(c1)[C@@H](NC(=O)c1cccc([N+](=O)[O-])c1)[C@H](O)C(C)(C)O2. The van der Waals surface area contributed by atoms with Gasteiger partial charge in [-0.25, -0.2) is 0 Å². The first-order valence-corrected chi connectivity index (χ1v) is 8.67. The molecule has 0 unspecified atom stereocenters. The Morgan fingerprint density at radius 2 is 1.89 bits per heavy atom. The molecular weight excluding hydrogens is 364 g/mol. The highest BCUT2D eigenvalue weighted by atomic mass is 16.6. The molecule has 0 aliphatic carbocycles. The fourth-order valence-electron chi connectivity index (χ4n) is 3.16. The third-order valence-electron chi connectivity index (χ3n) is 4.76. The summed E-state index contributed by atoms with van der Waals surface area (Å²) in [7, 11) is 0. The summed E-state index contributed by atoms with van der Waals surface area (Å²) in [6.07, 6.45) is -1.11. The van der Waals surface area contributed by atoms with Crippen molar-refractivity contribution < 1.29 is 24.4 Å². The van der Waals surface area contributed by atoms with Gasteiger partial charge in [-0.05, 0) is 45.0 Å². The Hall–Kier alpha value is -3.26. The zero-order valence-corrected chi connectivity index (χ0v) is 15.6. The van der Waals surface area contributed by atoms with E-state index in [1.165, 1.54) is 31.2 Å². The van der Waals surface area contributed by atoms with Crippen LogP contribution in [0.5, 0.6) is 5.75 Å². The molecular formula is C20H20N2O6.